The summed E-state index contributed by atoms with van der Waals surface area (Å²) in [5, 5.41) is -5.19. The van der Waals surface area contributed by atoms with Gasteiger partial charge in [-0.05, 0) is 57.7 Å². The maximum absolute atomic E-state index is 13.7. The largest absolute Gasteiger partial charge is 0.465 e. The second-order valence-electron chi connectivity index (χ2n) is 10.2. The highest BCUT2D eigenvalue weighted by Crippen LogP contribution is 2.64. The predicted molar refractivity (Wildman–Crippen MR) is 117 cm³/mol. The van der Waals surface area contributed by atoms with Gasteiger partial charge >= 0.3 is 33.2 Å². The van der Waals surface area contributed by atoms with Gasteiger partial charge in [-0.15, -0.1) is 0 Å². The molecule has 15 heteroatoms. The summed E-state index contributed by atoms with van der Waals surface area (Å²) >= 11 is 0. The lowest BCUT2D eigenvalue weighted by molar-refractivity contribution is -0.355. The van der Waals surface area contributed by atoms with Crippen molar-refractivity contribution in [3.8, 4) is 0 Å². The van der Waals surface area contributed by atoms with E-state index in [2.05, 4.69) is 25.7 Å². The molecule has 0 aromatic heterocycles. The molecule has 5 rings (SSSR count). The number of halogens is 6. The fraction of sp³-hybridized carbons (Fsp3) is 0.955. The quantitative estimate of drug-likeness (QED) is 0.292. The van der Waals surface area contributed by atoms with E-state index in [-0.39, 0.29) is 25.2 Å². The topological polar surface area (TPSA) is 102 Å². The zero-order valence-electron chi connectivity index (χ0n) is 20.8. The summed E-state index contributed by atoms with van der Waals surface area (Å²) in [7, 11) is -6.07. The van der Waals surface area contributed by atoms with E-state index >= 15 is 0 Å². The van der Waals surface area contributed by atoms with Crippen molar-refractivity contribution in [2.24, 2.45) is 17.8 Å². The van der Waals surface area contributed by atoms with E-state index < -0.39 is 69.6 Å². The normalized spacial score (nSPS) is 33.5. The smallest absolute Gasteiger partial charge is 0.454 e. The van der Waals surface area contributed by atoms with Gasteiger partial charge in [0.05, 0.1) is 0 Å². The lowest BCUT2D eigenvalue weighted by Gasteiger charge is -2.63. The summed E-state index contributed by atoms with van der Waals surface area (Å²) in [6.45, 7) is 6.94. The number of hydrogen-bond donors (Lipinski definition) is 1. The third-order valence-corrected chi connectivity index (χ3v) is 8.79. The summed E-state index contributed by atoms with van der Waals surface area (Å²) in [5.74, 6) is -15.0. The standard InChI is InChI=1S/C16H18F6O7S.C6H15N/c17-13(18)6-27-15(28-7-14(13,19)20)9-1-8-2-10(15)5-12(3-8,4-9)29-11(23)16(21,22)30(24,25)26;1-4-7(5-2)6-3/h8-10H,1-7H2,(H,24,25,26);4-6H2,1-3H3. The first-order valence-electron chi connectivity index (χ1n) is 12.2. The first-order chi connectivity index (χ1) is 16.9. The Morgan fingerprint density at radius 3 is 1.73 bits per heavy atom. The maximum Gasteiger partial charge on any atom is 0.465 e. The zero-order chi connectivity index (χ0) is 28.1. The highest BCUT2D eigenvalue weighted by Gasteiger charge is 2.70. The average molecular weight is 570 g/mol. The Morgan fingerprint density at radius 2 is 1.38 bits per heavy atom. The summed E-state index contributed by atoms with van der Waals surface area (Å²) < 4.78 is 128. The summed E-state index contributed by atoms with van der Waals surface area (Å²) in [4.78, 5) is 14.2. The van der Waals surface area contributed by atoms with Crippen LogP contribution in [0.4, 0.5) is 26.3 Å². The third-order valence-electron chi connectivity index (χ3n) is 7.98. The SMILES string of the molecule is CCN(CC)CC.O=C(OC12CC3CC(C1)C1(OCC(F)(F)C(F)(F)CO1)C(C3)C2)C(F)(F)S(=O)(=O)O. The molecule has 1 saturated heterocycles. The van der Waals surface area contributed by atoms with Crippen molar-refractivity contribution in [1.82, 2.24) is 4.90 Å². The molecule has 1 spiro atoms. The minimum absolute atomic E-state index is 0.107. The Bertz CT molecular complexity index is 918. The van der Waals surface area contributed by atoms with Crippen LogP contribution in [0.5, 0.6) is 0 Å². The zero-order valence-corrected chi connectivity index (χ0v) is 21.6. The van der Waals surface area contributed by atoms with Crippen molar-refractivity contribution in [3.63, 3.8) is 0 Å². The van der Waals surface area contributed by atoms with Crippen molar-refractivity contribution in [2.45, 2.75) is 81.4 Å². The second-order valence-corrected chi connectivity index (χ2v) is 11.7. The number of carbonyl (C=O) groups excluding carboxylic acids is 1. The second kappa shape index (κ2) is 10.1. The van der Waals surface area contributed by atoms with Gasteiger partial charge in [0, 0.05) is 11.8 Å². The Labute approximate surface area is 211 Å². The van der Waals surface area contributed by atoms with Crippen LogP contribution < -0.4 is 0 Å². The first-order valence-corrected chi connectivity index (χ1v) is 13.7. The Kier molecular flexibility index (Phi) is 8.30. The molecule has 0 amide bonds. The lowest BCUT2D eigenvalue weighted by Crippen LogP contribution is -2.67. The van der Waals surface area contributed by atoms with Crippen molar-refractivity contribution >= 4 is 16.1 Å². The van der Waals surface area contributed by atoms with E-state index in [9.17, 15) is 39.6 Å². The fourth-order valence-corrected chi connectivity index (χ4v) is 6.40. The van der Waals surface area contributed by atoms with Gasteiger partial charge in [-0.3, -0.25) is 4.55 Å². The monoisotopic (exact) mass is 569 g/mol. The van der Waals surface area contributed by atoms with Crippen LogP contribution in [0.1, 0.15) is 52.9 Å². The number of hydrogen-bond acceptors (Lipinski definition) is 7. The minimum atomic E-state index is -6.07. The molecule has 5 fully saturated rings. The number of rotatable bonds is 6. The minimum Gasteiger partial charge on any atom is -0.454 e. The fourth-order valence-electron chi connectivity index (χ4n) is 6.14. The molecule has 1 aliphatic heterocycles. The molecule has 8 nitrogen and oxygen atoms in total. The Morgan fingerprint density at radius 1 is 0.946 bits per heavy atom. The summed E-state index contributed by atoms with van der Waals surface area (Å²) in [5.41, 5.74) is -1.56. The molecule has 2 unspecified atom stereocenters. The molecular formula is C22H33F6NO7S. The van der Waals surface area contributed by atoms with E-state index in [0.29, 0.717) is 12.8 Å². The van der Waals surface area contributed by atoms with Crippen LogP contribution in [0.2, 0.25) is 0 Å². The van der Waals surface area contributed by atoms with Gasteiger partial charge in [0.15, 0.2) is 5.79 Å². The van der Waals surface area contributed by atoms with E-state index in [4.69, 9.17) is 18.8 Å². The molecule has 4 bridgehead atoms. The number of carbonyl (C=O) groups is 1. The number of nitrogens with zero attached hydrogens (tertiary/aromatic N) is 1. The molecular weight excluding hydrogens is 536 g/mol. The molecule has 4 saturated carbocycles. The van der Waals surface area contributed by atoms with Crippen molar-refractivity contribution in [3.05, 3.63) is 0 Å². The molecule has 5 aliphatic rings. The molecule has 216 valence electrons. The lowest BCUT2D eigenvalue weighted by atomic mass is 9.51. The third kappa shape index (κ3) is 5.48. The molecule has 0 aromatic carbocycles. The molecule has 4 aliphatic carbocycles. The van der Waals surface area contributed by atoms with Gasteiger partial charge < -0.3 is 19.1 Å². The van der Waals surface area contributed by atoms with Crippen LogP contribution >= 0.6 is 0 Å². The Hall–Kier alpha value is -1.16. The van der Waals surface area contributed by atoms with Gasteiger partial charge in [0.25, 0.3) is 0 Å². The summed E-state index contributed by atoms with van der Waals surface area (Å²) in [6, 6.07) is 0. The van der Waals surface area contributed by atoms with Crippen LogP contribution in [0, 0.1) is 17.8 Å². The van der Waals surface area contributed by atoms with Crippen LogP contribution in [-0.4, -0.2) is 85.2 Å². The first kappa shape index (κ1) is 30.4. The van der Waals surface area contributed by atoms with Crippen LogP contribution in [-0.2, 0) is 29.1 Å². The maximum atomic E-state index is 13.7. The van der Waals surface area contributed by atoms with Crippen molar-refractivity contribution in [2.75, 3.05) is 32.8 Å². The highest BCUT2D eigenvalue weighted by molar-refractivity contribution is 7.87. The van der Waals surface area contributed by atoms with Crippen molar-refractivity contribution in [1.29, 1.82) is 0 Å². The molecule has 0 aromatic rings. The molecule has 0 radical (unpaired) electrons. The van der Waals surface area contributed by atoms with E-state index in [1.54, 1.807) is 0 Å². The summed E-state index contributed by atoms with van der Waals surface area (Å²) in [6.07, 6.45) is 0.258. The van der Waals surface area contributed by atoms with Gasteiger partial charge in [-0.2, -0.15) is 34.8 Å². The number of esters is 1. The molecule has 1 heterocycles. The van der Waals surface area contributed by atoms with Gasteiger partial charge in [-0.25, -0.2) is 4.79 Å². The van der Waals surface area contributed by atoms with E-state index in [1.165, 1.54) is 19.6 Å². The van der Waals surface area contributed by atoms with E-state index in [0.717, 1.165) is 0 Å². The van der Waals surface area contributed by atoms with Gasteiger partial charge in [0.1, 0.15) is 18.8 Å². The number of ether oxygens (including phenoxy) is 3. The van der Waals surface area contributed by atoms with Crippen LogP contribution in [0.3, 0.4) is 0 Å². The van der Waals surface area contributed by atoms with Crippen LogP contribution in [0.25, 0.3) is 0 Å². The highest BCUT2D eigenvalue weighted by atomic mass is 32.2. The number of alkyl halides is 6. The average Bonchev–Trinajstić information content (AvgIpc) is 2.87. The van der Waals surface area contributed by atoms with Gasteiger partial charge in [-0.1, -0.05) is 20.8 Å². The molecule has 1 N–H and O–H groups in total. The predicted octanol–water partition coefficient (Wildman–Crippen LogP) is 3.95. The van der Waals surface area contributed by atoms with Gasteiger partial charge in [0.2, 0.25) is 0 Å². The van der Waals surface area contributed by atoms with Crippen LogP contribution in [0.15, 0.2) is 0 Å². The Balaban J connectivity index is 0.000000479. The molecule has 2 atom stereocenters. The van der Waals surface area contributed by atoms with E-state index in [1.807, 2.05) is 0 Å². The molecule has 37 heavy (non-hydrogen) atoms. The van der Waals surface area contributed by atoms with Crippen molar-refractivity contribution < 1.29 is 58.3 Å².